The van der Waals surface area contributed by atoms with Crippen LogP contribution in [0.2, 0.25) is 0 Å². The number of amides is 4. The van der Waals surface area contributed by atoms with Gasteiger partial charge in [-0.2, -0.15) is 0 Å². The van der Waals surface area contributed by atoms with Gasteiger partial charge < -0.3 is 30.7 Å². The molecule has 1 aromatic heterocycles. The van der Waals surface area contributed by atoms with Crippen LogP contribution in [0.25, 0.3) is 0 Å². The van der Waals surface area contributed by atoms with Gasteiger partial charge in [-0.25, -0.2) is 14.6 Å². The number of carbonyl (C=O) groups excluding carboxylic acids is 5. The van der Waals surface area contributed by atoms with Gasteiger partial charge in [-0.15, -0.1) is 0 Å². The molecule has 0 aromatic carbocycles. The van der Waals surface area contributed by atoms with Gasteiger partial charge in [0.1, 0.15) is 28.3 Å². The van der Waals surface area contributed by atoms with E-state index in [0.29, 0.717) is 11.4 Å². The number of pyridine rings is 1. The lowest BCUT2D eigenvalue weighted by Gasteiger charge is -2.25. The molecule has 4 amide bonds. The van der Waals surface area contributed by atoms with Crippen LogP contribution in [0.5, 0.6) is 0 Å². The van der Waals surface area contributed by atoms with Crippen molar-refractivity contribution in [2.45, 2.75) is 103 Å². The SMILES string of the molecule is C[C@H](NC(=O)[C@H](CCCNC(=O)OC(C)(C)C)NC(=O)OC(C)(C)C)C(=O)N[C@@H](C)C(=O)SSc1ccccn1. The Kier molecular flexibility index (Phi) is 14.3. The Balaban J connectivity index is 2.68. The molecule has 1 heterocycles. The first-order valence-corrected chi connectivity index (χ1v) is 15.0. The summed E-state index contributed by atoms with van der Waals surface area (Å²) in [6.07, 6.45) is 0.687. The molecule has 1 rings (SSSR count). The van der Waals surface area contributed by atoms with Gasteiger partial charge in [0.2, 0.25) is 16.9 Å². The molecule has 3 atom stereocenters. The molecule has 0 saturated heterocycles. The maximum atomic E-state index is 13.0. The Hall–Kier alpha value is -3.00. The second-order valence-corrected chi connectivity index (χ2v) is 13.0. The standard InChI is InChI=1S/C26H41N5O7S2/c1-16(20(32)30-17(2)22(34)40-39-19-13-9-10-14-27-19)29-21(33)18(31-24(36)38-26(6,7)8)12-11-15-28-23(35)37-25(3,4)5/h9-10,13-14,16-18H,11-12,15H2,1-8H3,(H,28,35)(H,29,33)(H,30,32)(H,31,36)/t16-,17-,18-/m0/s1. The monoisotopic (exact) mass is 599 g/mol. The van der Waals surface area contributed by atoms with Crippen LogP contribution < -0.4 is 21.3 Å². The van der Waals surface area contributed by atoms with Crippen molar-refractivity contribution in [3.05, 3.63) is 24.4 Å². The van der Waals surface area contributed by atoms with Crippen molar-refractivity contribution in [2.75, 3.05) is 6.54 Å². The van der Waals surface area contributed by atoms with E-state index in [1.807, 2.05) is 0 Å². The number of alkyl carbamates (subject to hydrolysis) is 2. The largest absolute Gasteiger partial charge is 0.444 e. The normalized spacial score (nSPS) is 13.7. The highest BCUT2D eigenvalue weighted by atomic mass is 33.1. The molecule has 0 radical (unpaired) electrons. The molecule has 0 unspecified atom stereocenters. The first-order chi connectivity index (χ1) is 18.5. The third-order valence-electron chi connectivity index (χ3n) is 4.66. The summed E-state index contributed by atoms with van der Waals surface area (Å²) in [4.78, 5) is 66.4. The van der Waals surface area contributed by atoms with Gasteiger partial charge >= 0.3 is 12.2 Å². The highest BCUT2D eigenvalue weighted by Gasteiger charge is 2.28. The molecule has 12 nitrogen and oxygen atoms in total. The number of rotatable bonds is 12. The molecule has 4 N–H and O–H groups in total. The van der Waals surface area contributed by atoms with E-state index >= 15 is 0 Å². The molecule has 0 aliphatic rings. The molecule has 1 aromatic rings. The fraction of sp³-hybridized carbons (Fsp3) is 0.615. The van der Waals surface area contributed by atoms with Crippen molar-refractivity contribution < 1.29 is 33.4 Å². The maximum Gasteiger partial charge on any atom is 0.408 e. The van der Waals surface area contributed by atoms with Crippen LogP contribution in [0.15, 0.2) is 29.4 Å². The van der Waals surface area contributed by atoms with Crippen LogP contribution in [0.4, 0.5) is 9.59 Å². The van der Waals surface area contributed by atoms with Crippen molar-refractivity contribution in [3.63, 3.8) is 0 Å². The first kappa shape index (κ1) is 35.0. The van der Waals surface area contributed by atoms with E-state index in [4.69, 9.17) is 9.47 Å². The summed E-state index contributed by atoms with van der Waals surface area (Å²) >= 11 is 0. The summed E-state index contributed by atoms with van der Waals surface area (Å²) in [7, 11) is 2.13. The van der Waals surface area contributed by atoms with Crippen molar-refractivity contribution in [2.24, 2.45) is 0 Å². The molecule has 0 fully saturated rings. The van der Waals surface area contributed by atoms with E-state index in [0.717, 1.165) is 10.8 Å². The molecule has 0 bridgehead atoms. The molecular weight excluding hydrogens is 558 g/mol. The van der Waals surface area contributed by atoms with Gasteiger partial charge in [-0.1, -0.05) is 6.07 Å². The summed E-state index contributed by atoms with van der Waals surface area (Å²) in [6, 6.07) is 2.47. The van der Waals surface area contributed by atoms with Crippen molar-refractivity contribution in [1.29, 1.82) is 0 Å². The van der Waals surface area contributed by atoms with E-state index in [1.165, 1.54) is 17.7 Å². The van der Waals surface area contributed by atoms with Gasteiger partial charge in [-0.3, -0.25) is 14.4 Å². The lowest BCUT2D eigenvalue weighted by Crippen LogP contribution is -2.54. The second kappa shape index (κ2) is 16.3. The average molecular weight is 600 g/mol. The van der Waals surface area contributed by atoms with E-state index in [1.54, 1.807) is 72.9 Å². The number of ether oxygens (including phenoxy) is 2. The van der Waals surface area contributed by atoms with Gasteiger partial charge in [0.05, 0.1) is 6.04 Å². The summed E-state index contributed by atoms with van der Waals surface area (Å²) in [6.45, 7) is 13.5. The Morgan fingerprint density at radius 3 is 2.02 bits per heavy atom. The molecule has 224 valence electrons. The summed E-state index contributed by atoms with van der Waals surface area (Å²) in [5.41, 5.74) is -1.44. The van der Waals surface area contributed by atoms with Crippen molar-refractivity contribution in [3.8, 4) is 0 Å². The Bertz CT molecular complexity index is 1010. The lowest BCUT2D eigenvalue weighted by molar-refractivity contribution is -0.130. The van der Waals surface area contributed by atoms with Crippen LogP contribution in [-0.4, -0.2) is 70.0 Å². The summed E-state index contributed by atoms with van der Waals surface area (Å²) in [5.74, 6) is -1.19. The molecule has 0 aliphatic carbocycles. The highest BCUT2D eigenvalue weighted by Crippen LogP contribution is 2.30. The number of nitrogens with one attached hydrogen (secondary N) is 4. The van der Waals surface area contributed by atoms with Crippen molar-refractivity contribution >= 4 is 50.7 Å². The smallest absolute Gasteiger partial charge is 0.408 e. The van der Waals surface area contributed by atoms with E-state index in [9.17, 15) is 24.0 Å². The van der Waals surface area contributed by atoms with Gasteiger partial charge in [0.15, 0.2) is 0 Å². The molecule has 0 saturated carbocycles. The second-order valence-electron chi connectivity index (χ2n) is 10.9. The topological polar surface area (TPSA) is 165 Å². The fourth-order valence-electron chi connectivity index (χ4n) is 2.86. The Morgan fingerprint density at radius 1 is 0.850 bits per heavy atom. The van der Waals surface area contributed by atoms with Crippen LogP contribution >= 0.6 is 21.6 Å². The number of aromatic nitrogens is 1. The average Bonchev–Trinajstić information content (AvgIpc) is 2.82. The number of hydrogen-bond acceptors (Lipinski definition) is 10. The highest BCUT2D eigenvalue weighted by molar-refractivity contribution is 8.82. The van der Waals surface area contributed by atoms with Crippen LogP contribution in [-0.2, 0) is 23.9 Å². The lowest BCUT2D eigenvalue weighted by atomic mass is 10.1. The Labute approximate surface area is 243 Å². The third-order valence-corrected chi connectivity index (χ3v) is 6.93. The minimum absolute atomic E-state index is 0.144. The number of hydrogen-bond donors (Lipinski definition) is 4. The summed E-state index contributed by atoms with van der Waals surface area (Å²) < 4.78 is 10.4. The van der Waals surface area contributed by atoms with Crippen LogP contribution in [0.1, 0.15) is 68.2 Å². The molecular formula is C26H41N5O7S2. The Morgan fingerprint density at radius 2 is 1.45 bits per heavy atom. The predicted octanol–water partition coefficient (Wildman–Crippen LogP) is 3.56. The zero-order valence-electron chi connectivity index (χ0n) is 24.3. The minimum atomic E-state index is -1.05. The van der Waals surface area contributed by atoms with E-state index in [2.05, 4.69) is 26.3 Å². The number of nitrogens with zero attached hydrogens (tertiary/aromatic N) is 1. The third kappa shape index (κ3) is 15.6. The number of carbonyl (C=O) groups is 5. The molecule has 0 aliphatic heterocycles. The van der Waals surface area contributed by atoms with E-state index < -0.39 is 53.3 Å². The van der Waals surface area contributed by atoms with Crippen LogP contribution in [0, 0.1) is 0 Å². The minimum Gasteiger partial charge on any atom is -0.444 e. The molecule has 40 heavy (non-hydrogen) atoms. The summed E-state index contributed by atoms with van der Waals surface area (Å²) in [5, 5.41) is 10.6. The van der Waals surface area contributed by atoms with E-state index in [-0.39, 0.29) is 18.1 Å². The molecule has 14 heteroatoms. The zero-order chi connectivity index (χ0) is 30.5. The fourth-order valence-corrected chi connectivity index (χ4v) is 4.70. The van der Waals surface area contributed by atoms with Gasteiger partial charge in [0.25, 0.3) is 0 Å². The molecule has 0 spiro atoms. The predicted molar refractivity (Wildman–Crippen MR) is 155 cm³/mol. The maximum absolute atomic E-state index is 13.0. The van der Waals surface area contributed by atoms with Crippen LogP contribution in [0.3, 0.4) is 0 Å². The van der Waals surface area contributed by atoms with Crippen molar-refractivity contribution in [1.82, 2.24) is 26.3 Å². The quantitative estimate of drug-likeness (QED) is 0.206. The zero-order valence-corrected chi connectivity index (χ0v) is 25.9. The first-order valence-electron chi connectivity index (χ1n) is 12.8. The van der Waals surface area contributed by atoms with Gasteiger partial charge in [-0.05, 0) is 102 Å². The van der Waals surface area contributed by atoms with Gasteiger partial charge in [0, 0.05) is 12.7 Å².